The molecule has 1 atom stereocenters. The maximum atomic E-state index is 3.92. The van der Waals surface area contributed by atoms with E-state index in [1.54, 1.807) is 0 Å². The van der Waals surface area contributed by atoms with Gasteiger partial charge in [0.2, 0.25) is 0 Å². The largest absolute Gasteiger partial charge is 0.311 e. The fourth-order valence-electron chi connectivity index (χ4n) is 3.03. The van der Waals surface area contributed by atoms with Crippen molar-refractivity contribution in [2.24, 2.45) is 0 Å². The molecule has 19 heavy (non-hydrogen) atoms. The molecule has 1 saturated carbocycles. The Morgan fingerprint density at radius 2 is 1.32 bits per heavy atom. The van der Waals surface area contributed by atoms with Gasteiger partial charge in [-0.15, -0.1) is 0 Å². The van der Waals surface area contributed by atoms with Crippen LogP contribution in [0.2, 0.25) is 0 Å². The van der Waals surface area contributed by atoms with E-state index >= 15 is 0 Å². The van der Waals surface area contributed by atoms with Crippen LogP contribution in [0.1, 0.15) is 104 Å². The van der Waals surface area contributed by atoms with Gasteiger partial charge in [-0.2, -0.15) is 0 Å². The molecule has 0 bridgehead atoms. The minimum Gasteiger partial charge on any atom is -0.311 e. The van der Waals surface area contributed by atoms with E-state index < -0.39 is 0 Å². The molecule has 1 nitrogen and oxygen atoms in total. The zero-order valence-corrected chi connectivity index (χ0v) is 13.6. The number of unbranched alkanes of at least 4 members (excludes halogenated alkanes) is 7. The Bertz CT molecular complexity index is 186. The summed E-state index contributed by atoms with van der Waals surface area (Å²) in [6.07, 6.45) is 20.0. The Morgan fingerprint density at radius 1 is 0.789 bits per heavy atom. The molecule has 1 heteroatoms. The molecule has 0 aromatic carbocycles. The highest BCUT2D eigenvalue weighted by Gasteiger charge is 2.20. The molecular weight excluding hydrogens is 230 g/mol. The second-order valence-electron chi connectivity index (χ2n) is 6.54. The maximum Gasteiger partial charge on any atom is 0.00696 e. The zero-order valence-electron chi connectivity index (χ0n) is 13.6. The van der Waals surface area contributed by atoms with Crippen LogP contribution in [0.3, 0.4) is 0 Å². The summed E-state index contributed by atoms with van der Waals surface area (Å²) in [5.74, 6) is 0. The molecule has 0 radical (unpaired) electrons. The summed E-state index contributed by atoms with van der Waals surface area (Å²) in [6, 6.07) is 1.69. The van der Waals surface area contributed by atoms with Gasteiger partial charge in [0.15, 0.2) is 0 Å². The van der Waals surface area contributed by atoms with E-state index in [1.165, 1.54) is 89.9 Å². The van der Waals surface area contributed by atoms with E-state index in [1.807, 2.05) is 0 Å². The van der Waals surface area contributed by atoms with Crippen molar-refractivity contribution in [2.75, 3.05) is 0 Å². The maximum absolute atomic E-state index is 3.92. The van der Waals surface area contributed by atoms with Crippen LogP contribution in [-0.4, -0.2) is 12.1 Å². The third kappa shape index (κ3) is 8.68. The van der Waals surface area contributed by atoms with Crippen molar-refractivity contribution < 1.29 is 0 Å². The van der Waals surface area contributed by atoms with Crippen LogP contribution in [0.5, 0.6) is 0 Å². The molecule has 0 aliphatic heterocycles. The van der Waals surface area contributed by atoms with Crippen LogP contribution in [0.15, 0.2) is 0 Å². The second kappa shape index (κ2) is 11.8. The van der Waals surface area contributed by atoms with E-state index in [-0.39, 0.29) is 0 Å². The Morgan fingerprint density at radius 3 is 1.79 bits per heavy atom. The van der Waals surface area contributed by atoms with Gasteiger partial charge in [-0.3, -0.25) is 0 Å². The van der Waals surface area contributed by atoms with Gasteiger partial charge in [-0.05, 0) is 25.7 Å². The highest BCUT2D eigenvalue weighted by molar-refractivity contribution is 4.81. The molecule has 0 amide bonds. The molecule has 0 saturated heterocycles. The summed E-state index contributed by atoms with van der Waals surface area (Å²) < 4.78 is 0. The smallest absolute Gasteiger partial charge is 0.00696 e. The van der Waals surface area contributed by atoms with E-state index in [0.717, 1.165) is 12.1 Å². The average Bonchev–Trinajstić information content (AvgIpc) is 2.37. The monoisotopic (exact) mass is 267 g/mol. The summed E-state index contributed by atoms with van der Waals surface area (Å²) in [6.45, 7) is 4.60. The fraction of sp³-hybridized carbons (Fsp3) is 1.00. The summed E-state index contributed by atoms with van der Waals surface area (Å²) in [4.78, 5) is 0. The topological polar surface area (TPSA) is 12.0 Å². The first-order chi connectivity index (χ1) is 9.36. The summed E-state index contributed by atoms with van der Waals surface area (Å²) >= 11 is 0. The third-order valence-corrected chi connectivity index (χ3v) is 4.64. The van der Waals surface area contributed by atoms with E-state index in [9.17, 15) is 0 Å². The van der Waals surface area contributed by atoms with Gasteiger partial charge in [-0.1, -0.05) is 78.1 Å². The van der Waals surface area contributed by atoms with Gasteiger partial charge in [0.1, 0.15) is 0 Å². The van der Waals surface area contributed by atoms with Crippen LogP contribution in [-0.2, 0) is 0 Å². The van der Waals surface area contributed by atoms with Gasteiger partial charge in [0.25, 0.3) is 0 Å². The van der Waals surface area contributed by atoms with Crippen LogP contribution >= 0.6 is 0 Å². The number of nitrogens with one attached hydrogen (secondary N) is 1. The van der Waals surface area contributed by atoms with Gasteiger partial charge in [-0.25, -0.2) is 0 Å². The lowest BCUT2D eigenvalue weighted by Gasteiger charge is -2.32. The summed E-state index contributed by atoms with van der Waals surface area (Å²) in [5, 5.41) is 3.92. The molecule has 0 aromatic rings. The number of rotatable bonds is 13. The molecule has 1 rings (SSSR count). The van der Waals surface area contributed by atoms with Crippen LogP contribution in [0, 0.1) is 0 Å². The molecule has 1 aliphatic carbocycles. The second-order valence-corrected chi connectivity index (χ2v) is 6.54. The van der Waals surface area contributed by atoms with Crippen molar-refractivity contribution in [1.29, 1.82) is 0 Å². The predicted octanol–water partition coefficient (Wildman–Crippen LogP) is 5.83. The first-order valence-electron chi connectivity index (χ1n) is 9.12. The van der Waals surface area contributed by atoms with E-state index in [4.69, 9.17) is 0 Å². The van der Waals surface area contributed by atoms with Crippen LogP contribution in [0.25, 0.3) is 0 Å². The minimum absolute atomic E-state index is 0.823. The Kier molecular flexibility index (Phi) is 10.5. The van der Waals surface area contributed by atoms with Crippen molar-refractivity contribution in [3.63, 3.8) is 0 Å². The highest BCUT2D eigenvalue weighted by atomic mass is 15.0. The molecular formula is C18H37N. The lowest BCUT2D eigenvalue weighted by Crippen LogP contribution is -2.42. The molecule has 1 aliphatic rings. The highest BCUT2D eigenvalue weighted by Crippen LogP contribution is 2.21. The van der Waals surface area contributed by atoms with Crippen LogP contribution in [0.4, 0.5) is 0 Å². The predicted molar refractivity (Wildman–Crippen MR) is 86.7 cm³/mol. The molecule has 0 heterocycles. The van der Waals surface area contributed by atoms with E-state index in [0.29, 0.717) is 0 Å². The SMILES string of the molecule is CCCCCCCC(CCCCCC)NC1CCC1. The Labute approximate surface area is 121 Å². The fourth-order valence-corrected chi connectivity index (χ4v) is 3.03. The third-order valence-electron chi connectivity index (χ3n) is 4.64. The average molecular weight is 268 g/mol. The molecule has 0 aromatic heterocycles. The van der Waals surface area contributed by atoms with Gasteiger partial charge in [0, 0.05) is 12.1 Å². The quantitative estimate of drug-likeness (QED) is 0.414. The Hall–Kier alpha value is -0.0400. The van der Waals surface area contributed by atoms with Crippen molar-refractivity contribution >= 4 is 0 Å². The van der Waals surface area contributed by atoms with Crippen LogP contribution < -0.4 is 5.32 Å². The number of hydrogen-bond acceptors (Lipinski definition) is 1. The van der Waals surface area contributed by atoms with Crippen molar-refractivity contribution in [2.45, 2.75) is 116 Å². The lowest BCUT2D eigenvalue weighted by molar-refractivity contribution is 0.281. The van der Waals surface area contributed by atoms with Crippen molar-refractivity contribution in [1.82, 2.24) is 5.32 Å². The number of hydrogen-bond donors (Lipinski definition) is 1. The van der Waals surface area contributed by atoms with Crippen molar-refractivity contribution in [3.05, 3.63) is 0 Å². The van der Waals surface area contributed by atoms with Crippen molar-refractivity contribution in [3.8, 4) is 0 Å². The normalized spacial score (nSPS) is 17.4. The molecule has 0 spiro atoms. The Balaban J connectivity index is 2.08. The molecule has 1 N–H and O–H groups in total. The zero-order chi connectivity index (χ0) is 13.8. The minimum atomic E-state index is 0.823. The van der Waals surface area contributed by atoms with Gasteiger partial charge in [0.05, 0.1) is 0 Å². The standard InChI is InChI=1S/C18H37N/c1-3-5-7-9-11-14-17(13-10-8-6-4-2)19-18-15-12-16-18/h17-19H,3-16H2,1-2H3. The molecule has 1 unspecified atom stereocenters. The lowest BCUT2D eigenvalue weighted by atomic mass is 9.90. The molecule has 114 valence electrons. The van der Waals surface area contributed by atoms with E-state index in [2.05, 4.69) is 19.2 Å². The first-order valence-corrected chi connectivity index (χ1v) is 9.12. The van der Waals surface area contributed by atoms with Gasteiger partial charge >= 0.3 is 0 Å². The first kappa shape index (κ1) is 17.0. The molecule has 1 fully saturated rings. The summed E-state index contributed by atoms with van der Waals surface area (Å²) in [7, 11) is 0. The van der Waals surface area contributed by atoms with Gasteiger partial charge < -0.3 is 5.32 Å². The summed E-state index contributed by atoms with van der Waals surface area (Å²) in [5.41, 5.74) is 0.